The van der Waals surface area contributed by atoms with Crippen molar-refractivity contribution in [2.75, 3.05) is 19.8 Å². The average Bonchev–Trinajstić information content (AvgIpc) is 2.62. The molecule has 1 aliphatic heterocycles. The highest BCUT2D eigenvalue weighted by atomic mass is 16.5. The molecule has 4 N–H and O–H groups in total. The van der Waals surface area contributed by atoms with E-state index in [-0.39, 0.29) is 25.2 Å². The minimum Gasteiger partial charge on any atom is -0.394 e. The first-order chi connectivity index (χ1) is 6.62. The van der Waals surface area contributed by atoms with Crippen LogP contribution in [-0.4, -0.2) is 42.4 Å². The number of rotatable bonds is 4. The summed E-state index contributed by atoms with van der Waals surface area (Å²) >= 11 is 0. The smallest absolute Gasteiger partial charge is 0.242 e. The highest BCUT2D eigenvalue weighted by molar-refractivity contribution is 5.86. The Labute approximate surface area is 83.6 Å². The molecule has 1 fully saturated rings. The van der Waals surface area contributed by atoms with Crippen LogP contribution >= 0.6 is 0 Å². The SMILES string of the molecule is CCC(CO)NC(=O)C1(N)CCOC1. The maximum atomic E-state index is 11.7. The summed E-state index contributed by atoms with van der Waals surface area (Å²) in [6.07, 6.45) is 1.24. The molecule has 1 aliphatic rings. The number of nitrogens with two attached hydrogens (primary N) is 1. The lowest BCUT2D eigenvalue weighted by molar-refractivity contribution is -0.127. The van der Waals surface area contributed by atoms with Crippen LogP contribution in [0, 0.1) is 0 Å². The summed E-state index contributed by atoms with van der Waals surface area (Å²) in [6.45, 7) is 2.63. The zero-order valence-corrected chi connectivity index (χ0v) is 8.45. The molecule has 0 spiro atoms. The minimum absolute atomic E-state index is 0.0564. The second-order valence-corrected chi connectivity index (χ2v) is 3.72. The van der Waals surface area contributed by atoms with Crippen molar-refractivity contribution in [3.8, 4) is 0 Å². The van der Waals surface area contributed by atoms with Crippen molar-refractivity contribution in [3.05, 3.63) is 0 Å². The molecule has 0 aliphatic carbocycles. The molecule has 2 unspecified atom stereocenters. The number of aliphatic hydroxyl groups excluding tert-OH is 1. The van der Waals surface area contributed by atoms with Crippen molar-refractivity contribution < 1.29 is 14.6 Å². The highest BCUT2D eigenvalue weighted by Gasteiger charge is 2.38. The number of carbonyl (C=O) groups excluding carboxylic acids is 1. The van der Waals surface area contributed by atoms with Gasteiger partial charge in [-0.25, -0.2) is 0 Å². The Bertz CT molecular complexity index is 198. The Morgan fingerprint density at radius 1 is 1.79 bits per heavy atom. The second kappa shape index (κ2) is 4.72. The van der Waals surface area contributed by atoms with Gasteiger partial charge in [0.15, 0.2) is 0 Å². The van der Waals surface area contributed by atoms with E-state index >= 15 is 0 Å². The molecular weight excluding hydrogens is 184 g/mol. The summed E-state index contributed by atoms with van der Waals surface area (Å²) in [6, 6.07) is -0.205. The first kappa shape index (κ1) is 11.4. The summed E-state index contributed by atoms with van der Waals surface area (Å²) in [5.74, 6) is -0.226. The van der Waals surface area contributed by atoms with Gasteiger partial charge >= 0.3 is 0 Å². The molecule has 0 saturated carbocycles. The van der Waals surface area contributed by atoms with Crippen LogP contribution in [0.5, 0.6) is 0 Å². The molecule has 1 saturated heterocycles. The molecule has 0 radical (unpaired) electrons. The molecule has 5 heteroatoms. The third-order valence-electron chi connectivity index (χ3n) is 2.55. The van der Waals surface area contributed by atoms with Crippen LogP contribution in [0.1, 0.15) is 19.8 Å². The van der Waals surface area contributed by atoms with Gasteiger partial charge in [-0.15, -0.1) is 0 Å². The lowest BCUT2D eigenvalue weighted by Crippen LogP contribution is -2.57. The molecule has 0 aromatic rings. The van der Waals surface area contributed by atoms with E-state index in [4.69, 9.17) is 15.6 Å². The molecule has 0 aromatic carbocycles. The summed E-state index contributed by atoms with van der Waals surface area (Å²) < 4.78 is 5.08. The summed E-state index contributed by atoms with van der Waals surface area (Å²) in [4.78, 5) is 11.7. The van der Waals surface area contributed by atoms with E-state index in [1.165, 1.54) is 0 Å². The van der Waals surface area contributed by atoms with Crippen molar-refractivity contribution in [2.24, 2.45) is 5.73 Å². The topological polar surface area (TPSA) is 84.6 Å². The number of carbonyl (C=O) groups is 1. The van der Waals surface area contributed by atoms with Gasteiger partial charge in [0, 0.05) is 6.61 Å². The fraction of sp³-hybridized carbons (Fsp3) is 0.889. The molecule has 5 nitrogen and oxygen atoms in total. The molecule has 14 heavy (non-hydrogen) atoms. The lowest BCUT2D eigenvalue weighted by Gasteiger charge is -2.24. The van der Waals surface area contributed by atoms with Crippen molar-refractivity contribution >= 4 is 5.91 Å². The predicted octanol–water partition coefficient (Wildman–Crippen LogP) is -1.01. The molecule has 0 aromatic heterocycles. The van der Waals surface area contributed by atoms with Crippen LogP contribution in [0.4, 0.5) is 0 Å². The molecule has 1 amide bonds. The van der Waals surface area contributed by atoms with Gasteiger partial charge in [0.25, 0.3) is 0 Å². The Kier molecular flexibility index (Phi) is 3.86. The summed E-state index contributed by atoms with van der Waals surface area (Å²) in [7, 11) is 0. The normalized spacial score (nSPS) is 28.8. The van der Waals surface area contributed by atoms with Crippen molar-refractivity contribution in [1.82, 2.24) is 5.32 Å². The fourth-order valence-corrected chi connectivity index (χ4v) is 1.37. The van der Waals surface area contributed by atoms with Gasteiger partial charge in [-0.1, -0.05) is 6.92 Å². The Morgan fingerprint density at radius 3 is 2.93 bits per heavy atom. The first-order valence-electron chi connectivity index (χ1n) is 4.91. The Balaban J connectivity index is 2.48. The molecule has 1 rings (SSSR count). The van der Waals surface area contributed by atoms with Crippen LogP contribution in [0.25, 0.3) is 0 Å². The number of hydrogen-bond acceptors (Lipinski definition) is 4. The van der Waals surface area contributed by atoms with Crippen LogP contribution in [0.3, 0.4) is 0 Å². The predicted molar refractivity (Wildman–Crippen MR) is 51.7 cm³/mol. The molecule has 1 heterocycles. The number of ether oxygens (including phenoxy) is 1. The van der Waals surface area contributed by atoms with E-state index in [2.05, 4.69) is 5.32 Å². The van der Waals surface area contributed by atoms with E-state index in [0.29, 0.717) is 19.4 Å². The van der Waals surface area contributed by atoms with Gasteiger partial charge in [0.2, 0.25) is 5.91 Å². The van der Waals surface area contributed by atoms with E-state index < -0.39 is 5.54 Å². The Hall–Kier alpha value is -0.650. The number of nitrogens with one attached hydrogen (secondary N) is 1. The maximum absolute atomic E-state index is 11.7. The highest BCUT2D eigenvalue weighted by Crippen LogP contribution is 2.15. The van der Waals surface area contributed by atoms with Crippen LogP contribution in [0.2, 0.25) is 0 Å². The lowest BCUT2D eigenvalue weighted by atomic mass is 9.98. The number of aliphatic hydroxyl groups is 1. The Morgan fingerprint density at radius 2 is 2.50 bits per heavy atom. The van der Waals surface area contributed by atoms with E-state index in [1.807, 2.05) is 6.92 Å². The monoisotopic (exact) mass is 202 g/mol. The van der Waals surface area contributed by atoms with E-state index in [0.717, 1.165) is 0 Å². The second-order valence-electron chi connectivity index (χ2n) is 3.72. The van der Waals surface area contributed by atoms with Crippen LogP contribution in [0.15, 0.2) is 0 Å². The van der Waals surface area contributed by atoms with E-state index in [1.54, 1.807) is 0 Å². The number of hydrogen-bond donors (Lipinski definition) is 3. The number of amides is 1. The molecule has 0 bridgehead atoms. The zero-order valence-electron chi connectivity index (χ0n) is 8.45. The minimum atomic E-state index is -0.900. The average molecular weight is 202 g/mol. The van der Waals surface area contributed by atoms with Crippen LogP contribution in [-0.2, 0) is 9.53 Å². The third-order valence-corrected chi connectivity index (χ3v) is 2.55. The summed E-state index contributed by atoms with van der Waals surface area (Å²) in [5.41, 5.74) is 4.94. The summed E-state index contributed by atoms with van der Waals surface area (Å²) in [5, 5.41) is 11.6. The fourth-order valence-electron chi connectivity index (χ4n) is 1.37. The largest absolute Gasteiger partial charge is 0.394 e. The van der Waals surface area contributed by atoms with Crippen LogP contribution < -0.4 is 11.1 Å². The van der Waals surface area contributed by atoms with Gasteiger partial charge in [-0.2, -0.15) is 0 Å². The van der Waals surface area contributed by atoms with Gasteiger partial charge in [0.1, 0.15) is 5.54 Å². The van der Waals surface area contributed by atoms with Gasteiger partial charge in [0.05, 0.1) is 19.3 Å². The zero-order chi connectivity index (χ0) is 10.6. The van der Waals surface area contributed by atoms with Gasteiger partial charge in [-0.3, -0.25) is 4.79 Å². The standard InChI is InChI=1S/C9H18N2O3/c1-2-7(5-12)11-8(13)9(10)3-4-14-6-9/h7,12H,2-6,10H2,1H3,(H,11,13). The van der Waals surface area contributed by atoms with Crippen molar-refractivity contribution in [1.29, 1.82) is 0 Å². The quantitative estimate of drug-likeness (QED) is 0.545. The van der Waals surface area contributed by atoms with Gasteiger partial charge < -0.3 is 20.9 Å². The molecular formula is C9H18N2O3. The molecule has 82 valence electrons. The van der Waals surface area contributed by atoms with Crippen molar-refractivity contribution in [3.63, 3.8) is 0 Å². The van der Waals surface area contributed by atoms with E-state index in [9.17, 15) is 4.79 Å². The van der Waals surface area contributed by atoms with Crippen molar-refractivity contribution in [2.45, 2.75) is 31.3 Å². The first-order valence-corrected chi connectivity index (χ1v) is 4.91. The third kappa shape index (κ3) is 2.43. The molecule has 2 atom stereocenters. The van der Waals surface area contributed by atoms with Gasteiger partial charge in [-0.05, 0) is 12.8 Å². The maximum Gasteiger partial charge on any atom is 0.242 e.